The van der Waals surface area contributed by atoms with Crippen molar-refractivity contribution in [2.45, 2.75) is 12.8 Å². The van der Waals surface area contributed by atoms with Gasteiger partial charge in [0.05, 0.1) is 0 Å². The Morgan fingerprint density at radius 3 is 2.86 bits per heavy atom. The number of aryl methyl sites for hydroxylation is 1. The van der Waals surface area contributed by atoms with Crippen LogP contribution in [0.3, 0.4) is 0 Å². The minimum absolute atomic E-state index is 0.0509. The van der Waals surface area contributed by atoms with Crippen LogP contribution in [0.4, 0.5) is 0 Å². The quantitative estimate of drug-likeness (QED) is 0.509. The highest BCUT2D eigenvalue weighted by Gasteiger charge is 2.04. The summed E-state index contributed by atoms with van der Waals surface area (Å²) in [5, 5.41) is 1.12. The third-order valence-corrected chi connectivity index (χ3v) is 2.40. The fraction of sp³-hybridized carbons (Fsp3) is 0.300. The van der Waals surface area contributed by atoms with E-state index < -0.39 is 0 Å². The van der Waals surface area contributed by atoms with Crippen molar-refractivity contribution in [3.05, 3.63) is 34.3 Å². The van der Waals surface area contributed by atoms with Gasteiger partial charge in [-0.1, -0.05) is 28.1 Å². The summed E-state index contributed by atoms with van der Waals surface area (Å²) in [7, 11) is 1.56. The fourth-order valence-corrected chi connectivity index (χ4v) is 1.57. The van der Waals surface area contributed by atoms with E-state index in [0.29, 0.717) is 6.42 Å². The van der Waals surface area contributed by atoms with Crippen LogP contribution >= 0.6 is 15.9 Å². The van der Waals surface area contributed by atoms with Gasteiger partial charge in [-0.15, -0.1) is 0 Å². The monoisotopic (exact) mass is 256 g/mol. The number of hydrogen-bond acceptors (Lipinski definition) is 2. The highest BCUT2D eigenvalue weighted by molar-refractivity contribution is 9.10. The minimum Gasteiger partial charge on any atom is -0.284 e. The number of hydrazine groups is 1. The Balaban J connectivity index is 2.50. The van der Waals surface area contributed by atoms with Gasteiger partial charge in [0.1, 0.15) is 0 Å². The molecule has 0 fully saturated rings. The summed E-state index contributed by atoms with van der Waals surface area (Å²) >= 11 is 3.38. The molecule has 0 bridgehead atoms. The molecule has 76 valence electrons. The second-order valence-electron chi connectivity index (χ2n) is 3.13. The van der Waals surface area contributed by atoms with Crippen LogP contribution in [0.15, 0.2) is 28.7 Å². The lowest BCUT2D eigenvalue weighted by atomic mass is 10.1. The van der Waals surface area contributed by atoms with Crippen molar-refractivity contribution >= 4 is 21.8 Å². The van der Waals surface area contributed by atoms with Gasteiger partial charge < -0.3 is 0 Å². The number of carbonyl (C=O) groups is 1. The summed E-state index contributed by atoms with van der Waals surface area (Å²) in [6.45, 7) is 0. The van der Waals surface area contributed by atoms with Gasteiger partial charge in [0.25, 0.3) is 0 Å². The molecule has 0 aliphatic carbocycles. The summed E-state index contributed by atoms with van der Waals surface area (Å²) in [5.41, 5.74) is 1.13. The lowest BCUT2D eigenvalue weighted by molar-refractivity contribution is -0.130. The van der Waals surface area contributed by atoms with Crippen LogP contribution in [0.1, 0.15) is 12.0 Å². The lowest BCUT2D eigenvalue weighted by Gasteiger charge is -2.09. The Morgan fingerprint density at radius 1 is 1.57 bits per heavy atom. The van der Waals surface area contributed by atoms with Crippen LogP contribution in [0.5, 0.6) is 0 Å². The van der Waals surface area contributed by atoms with Crippen molar-refractivity contribution in [1.82, 2.24) is 5.01 Å². The second-order valence-corrected chi connectivity index (χ2v) is 4.05. The summed E-state index contributed by atoms with van der Waals surface area (Å²) in [4.78, 5) is 11.2. The summed E-state index contributed by atoms with van der Waals surface area (Å²) < 4.78 is 1.03. The molecule has 4 heteroatoms. The molecule has 0 saturated heterocycles. The van der Waals surface area contributed by atoms with E-state index in [2.05, 4.69) is 15.9 Å². The SMILES string of the molecule is CN(N)C(=O)CCc1cccc(Br)c1. The van der Waals surface area contributed by atoms with Gasteiger partial charge in [0.2, 0.25) is 5.91 Å². The maximum absolute atomic E-state index is 11.2. The minimum atomic E-state index is -0.0509. The van der Waals surface area contributed by atoms with E-state index in [1.165, 1.54) is 0 Å². The number of benzene rings is 1. The zero-order chi connectivity index (χ0) is 10.6. The molecule has 1 aromatic rings. The summed E-state index contributed by atoms with van der Waals surface area (Å²) in [5.74, 6) is 5.25. The molecule has 0 saturated carbocycles. The average Bonchev–Trinajstić information content (AvgIpc) is 2.14. The number of carbonyl (C=O) groups excluding carboxylic acids is 1. The number of nitrogens with zero attached hydrogens (tertiary/aromatic N) is 1. The van der Waals surface area contributed by atoms with Gasteiger partial charge >= 0.3 is 0 Å². The number of amides is 1. The highest BCUT2D eigenvalue weighted by atomic mass is 79.9. The van der Waals surface area contributed by atoms with Crippen LogP contribution in [-0.4, -0.2) is 18.0 Å². The van der Waals surface area contributed by atoms with Gasteiger partial charge in [-0.2, -0.15) is 0 Å². The molecule has 0 aromatic heterocycles. The van der Waals surface area contributed by atoms with Gasteiger partial charge in [-0.3, -0.25) is 9.80 Å². The highest BCUT2D eigenvalue weighted by Crippen LogP contribution is 2.13. The molecule has 1 aromatic carbocycles. The smallest absolute Gasteiger partial charge is 0.236 e. The molecule has 0 heterocycles. The van der Waals surface area contributed by atoms with E-state index in [0.717, 1.165) is 21.5 Å². The predicted molar refractivity (Wildman–Crippen MR) is 59.4 cm³/mol. The molecule has 0 radical (unpaired) electrons. The van der Waals surface area contributed by atoms with Crippen LogP contribution in [0.25, 0.3) is 0 Å². The lowest BCUT2D eigenvalue weighted by Crippen LogP contribution is -2.33. The first kappa shape index (κ1) is 11.2. The Hall–Kier alpha value is -0.870. The first-order chi connectivity index (χ1) is 6.59. The van der Waals surface area contributed by atoms with Crippen molar-refractivity contribution in [2.24, 2.45) is 5.84 Å². The molecular weight excluding hydrogens is 244 g/mol. The second kappa shape index (κ2) is 5.12. The molecule has 0 unspecified atom stereocenters. The molecular formula is C10H13BrN2O. The van der Waals surface area contributed by atoms with Crippen LogP contribution in [0.2, 0.25) is 0 Å². The topological polar surface area (TPSA) is 46.3 Å². The number of hydrogen-bond donors (Lipinski definition) is 1. The molecule has 14 heavy (non-hydrogen) atoms. The van der Waals surface area contributed by atoms with Gasteiger partial charge in [0.15, 0.2) is 0 Å². The van der Waals surface area contributed by atoms with Crippen molar-refractivity contribution in [1.29, 1.82) is 0 Å². The van der Waals surface area contributed by atoms with Crippen LogP contribution in [-0.2, 0) is 11.2 Å². The van der Waals surface area contributed by atoms with E-state index in [4.69, 9.17) is 5.84 Å². The molecule has 0 aliphatic rings. The molecule has 0 aliphatic heterocycles. The average molecular weight is 257 g/mol. The van der Waals surface area contributed by atoms with E-state index in [9.17, 15) is 4.79 Å². The molecule has 1 rings (SSSR count). The maximum Gasteiger partial charge on any atom is 0.236 e. The number of nitrogens with two attached hydrogens (primary N) is 1. The first-order valence-electron chi connectivity index (χ1n) is 4.35. The predicted octanol–water partition coefficient (Wildman–Crippen LogP) is 1.71. The normalized spacial score (nSPS) is 9.93. The zero-order valence-electron chi connectivity index (χ0n) is 8.03. The standard InChI is InChI=1S/C10H13BrN2O/c1-13(12)10(14)6-5-8-3-2-4-9(11)7-8/h2-4,7H,5-6,12H2,1H3. The van der Waals surface area contributed by atoms with Crippen molar-refractivity contribution < 1.29 is 4.79 Å². The van der Waals surface area contributed by atoms with Crippen LogP contribution in [0, 0.1) is 0 Å². The summed E-state index contributed by atoms with van der Waals surface area (Å²) in [6.07, 6.45) is 1.17. The van der Waals surface area contributed by atoms with E-state index in [1.54, 1.807) is 7.05 Å². The third-order valence-electron chi connectivity index (χ3n) is 1.91. The van der Waals surface area contributed by atoms with Gasteiger partial charge in [-0.25, -0.2) is 5.84 Å². The van der Waals surface area contributed by atoms with Crippen molar-refractivity contribution in [2.75, 3.05) is 7.05 Å². The maximum atomic E-state index is 11.2. The molecule has 2 N–H and O–H groups in total. The van der Waals surface area contributed by atoms with Crippen molar-refractivity contribution in [3.63, 3.8) is 0 Å². The van der Waals surface area contributed by atoms with Gasteiger partial charge in [-0.05, 0) is 24.1 Å². The van der Waals surface area contributed by atoms with E-state index >= 15 is 0 Å². The third kappa shape index (κ3) is 3.47. The van der Waals surface area contributed by atoms with E-state index in [1.807, 2.05) is 24.3 Å². The molecule has 0 atom stereocenters. The Kier molecular flexibility index (Phi) is 4.10. The van der Waals surface area contributed by atoms with Crippen molar-refractivity contribution in [3.8, 4) is 0 Å². The number of rotatable bonds is 3. The fourth-order valence-electron chi connectivity index (χ4n) is 1.12. The van der Waals surface area contributed by atoms with Gasteiger partial charge in [0, 0.05) is 17.9 Å². The van der Waals surface area contributed by atoms with Crippen LogP contribution < -0.4 is 5.84 Å². The molecule has 0 spiro atoms. The number of halogens is 1. The first-order valence-corrected chi connectivity index (χ1v) is 5.14. The largest absolute Gasteiger partial charge is 0.284 e. The Bertz CT molecular complexity index is 326. The Labute approximate surface area is 92.0 Å². The van der Waals surface area contributed by atoms with E-state index in [-0.39, 0.29) is 5.91 Å². The molecule has 1 amide bonds. The zero-order valence-corrected chi connectivity index (χ0v) is 9.62. The Morgan fingerprint density at radius 2 is 2.29 bits per heavy atom. The molecule has 3 nitrogen and oxygen atoms in total. The summed E-state index contributed by atoms with van der Waals surface area (Å²) in [6, 6.07) is 7.91.